The lowest BCUT2D eigenvalue weighted by atomic mass is 9.94. The van der Waals surface area contributed by atoms with Gasteiger partial charge in [-0.1, -0.05) is 38.1 Å². The van der Waals surface area contributed by atoms with Crippen LogP contribution in [0.4, 0.5) is 0 Å². The number of benzene rings is 1. The first-order chi connectivity index (χ1) is 6.20. The van der Waals surface area contributed by atoms with Crippen LogP contribution in [0.1, 0.15) is 43.2 Å². The van der Waals surface area contributed by atoms with E-state index in [0.29, 0.717) is 17.9 Å². The van der Waals surface area contributed by atoms with E-state index in [1.54, 1.807) is 0 Å². The Balaban J connectivity index is 2.33. The zero-order valence-electron chi connectivity index (χ0n) is 8.33. The highest BCUT2D eigenvalue weighted by atomic mass is 14.7. The van der Waals surface area contributed by atoms with Gasteiger partial charge >= 0.3 is 0 Å². The Bertz CT molecular complexity index is 304. The maximum absolute atomic E-state index is 5.87. The minimum absolute atomic E-state index is 0.417. The van der Waals surface area contributed by atoms with E-state index in [2.05, 4.69) is 38.1 Å². The fourth-order valence-corrected chi connectivity index (χ4v) is 1.95. The van der Waals surface area contributed by atoms with E-state index in [0.717, 1.165) is 0 Å². The quantitative estimate of drug-likeness (QED) is 0.734. The molecule has 0 saturated heterocycles. The van der Waals surface area contributed by atoms with E-state index in [-0.39, 0.29) is 0 Å². The van der Waals surface area contributed by atoms with Crippen molar-refractivity contribution in [2.24, 2.45) is 5.73 Å². The first kappa shape index (κ1) is 8.76. The van der Waals surface area contributed by atoms with Gasteiger partial charge in [0.1, 0.15) is 0 Å². The van der Waals surface area contributed by atoms with Crippen molar-refractivity contribution < 1.29 is 0 Å². The van der Waals surface area contributed by atoms with Crippen LogP contribution in [0, 0.1) is 0 Å². The molecule has 2 atom stereocenters. The molecule has 2 N–H and O–H groups in total. The van der Waals surface area contributed by atoms with Crippen LogP contribution in [0.5, 0.6) is 0 Å². The molecular formula is C12H17N. The number of nitrogens with two attached hydrogens (primary N) is 1. The molecule has 70 valence electrons. The van der Waals surface area contributed by atoms with Crippen LogP contribution >= 0.6 is 0 Å². The molecule has 0 spiro atoms. The van der Waals surface area contributed by atoms with E-state index in [1.165, 1.54) is 17.5 Å². The molecule has 1 saturated carbocycles. The van der Waals surface area contributed by atoms with Crippen molar-refractivity contribution in [3.63, 3.8) is 0 Å². The van der Waals surface area contributed by atoms with E-state index in [9.17, 15) is 0 Å². The summed E-state index contributed by atoms with van der Waals surface area (Å²) >= 11 is 0. The summed E-state index contributed by atoms with van der Waals surface area (Å²) in [6.45, 7) is 4.49. The van der Waals surface area contributed by atoms with Gasteiger partial charge in [0, 0.05) is 12.0 Å². The number of rotatable bonds is 2. The molecule has 0 bridgehead atoms. The van der Waals surface area contributed by atoms with Gasteiger partial charge in [-0.05, 0) is 23.5 Å². The van der Waals surface area contributed by atoms with Gasteiger partial charge in [-0.25, -0.2) is 0 Å². The summed E-state index contributed by atoms with van der Waals surface area (Å²) in [5.74, 6) is 1.25. The smallest absolute Gasteiger partial charge is 0.0115 e. The highest BCUT2D eigenvalue weighted by Crippen LogP contribution is 2.42. The minimum Gasteiger partial charge on any atom is -0.327 e. The Hall–Kier alpha value is -0.820. The van der Waals surface area contributed by atoms with Crippen molar-refractivity contribution in [1.82, 2.24) is 0 Å². The summed E-state index contributed by atoms with van der Waals surface area (Å²) in [7, 11) is 0. The SMILES string of the molecule is CC(C)c1ccccc1[C@@H]1C[C@H]1N. The van der Waals surface area contributed by atoms with Gasteiger partial charge in [-0.2, -0.15) is 0 Å². The van der Waals surface area contributed by atoms with Crippen molar-refractivity contribution in [2.45, 2.75) is 38.1 Å². The average Bonchev–Trinajstić information content (AvgIpc) is 2.82. The summed E-state index contributed by atoms with van der Waals surface area (Å²) in [5, 5.41) is 0. The van der Waals surface area contributed by atoms with Crippen molar-refractivity contribution in [2.75, 3.05) is 0 Å². The van der Waals surface area contributed by atoms with Gasteiger partial charge in [0.2, 0.25) is 0 Å². The first-order valence-corrected chi connectivity index (χ1v) is 5.04. The van der Waals surface area contributed by atoms with E-state index in [1.807, 2.05) is 0 Å². The largest absolute Gasteiger partial charge is 0.327 e. The van der Waals surface area contributed by atoms with Crippen LogP contribution in [0.25, 0.3) is 0 Å². The molecule has 0 radical (unpaired) electrons. The topological polar surface area (TPSA) is 26.0 Å². The van der Waals surface area contributed by atoms with Gasteiger partial charge in [-0.3, -0.25) is 0 Å². The third-order valence-corrected chi connectivity index (χ3v) is 2.86. The number of hydrogen-bond acceptors (Lipinski definition) is 1. The molecule has 0 amide bonds. The Kier molecular flexibility index (Phi) is 2.12. The van der Waals surface area contributed by atoms with E-state index in [4.69, 9.17) is 5.73 Å². The zero-order chi connectivity index (χ0) is 9.42. The van der Waals surface area contributed by atoms with Gasteiger partial charge < -0.3 is 5.73 Å². The average molecular weight is 175 g/mol. The Morgan fingerprint density at radius 3 is 2.46 bits per heavy atom. The van der Waals surface area contributed by atoms with Crippen LogP contribution < -0.4 is 5.73 Å². The van der Waals surface area contributed by atoms with Crippen LogP contribution in [-0.4, -0.2) is 6.04 Å². The predicted molar refractivity (Wildman–Crippen MR) is 55.9 cm³/mol. The molecule has 1 nitrogen and oxygen atoms in total. The van der Waals surface area contributed by atoms with Gasteiger partial charge in [0.15, 0.2) is 0 Å². The Morgan fingerprint density at radius 1 is 1.31 bits per heavy atom. The van der Waals surface area contributed by atoms with E-state index < -0.39 is 0 Å². The summed E-state index contributed by atoms with van der Waals surface area (Å²) in [5.41, 5.74) is 8.82. The van der Waals surface area contributed by atoms with Crippen molar-refractivity contribution in [3.8, 4) is 0 Å². The number of hydrogen-bond donors (Lipinski definition) is 1. The Labute approximate surface area is 80.0 Å². The molecule has 2 rings (SSSR count). The highest BCUT2D eigenvalue weighted by molar-refractivity contribution is 5.37. The summed E-state index contributed by atoms with van der Waals surface area (Å²) in [4.78, 5) is 0. The third kappa shape index (κ3) is 1.61. The third-order valence-electron chi connectivity index (χ3n) is 2.86. The van der Waals surface area contributed by atoms with Crippen LogP contribution in [0.15, 0.2) is 24.3 Å². The second kappa shape index (κ2) is 3.15. The van der Waals surface area contributed by atoms with Crippen LogP contribution in [0.3, 0.4) is 0 Å². The van der Waals surface area contributed by atoms with Gasteiger partial charge in [0.25, 0.3) is 0 Å². The van der Waals surface area contributed by atoms with Crippen LogP contribution in [0.2, 0.25) is 0 Å². The second-order valence-corrected chi connectivity index (χ2v) is 4.29. The van der Waals surface area contributed by atoms with E-state index >= 15 is 0 Å². The maximum atomic E-state index is 5.87. The lowest BCUT2D eigenvalue weighted by Crippen LogP contribution is -2.03. The molecule has 1 aromatic carbocycles. The van der Waals surface area contributed by atoms with Crippen molar-refractivity contribution in [1.29, 1.82) is 0 Å². The monoisotopic (exact) mass is 175 g/mol. The standard InChI is InChI=1S/C12H17N/c1-8(2)9-5-3-4-6-10(9)11-7-12(11)13/h3-6,8,11-12H,7,13H2,1-2H3/t11-,12+/m0/s1. The summed E-state index contributed by atoms with van der Waals surface area (Å²) in [6.07, 6.45) is 1.17. The normalized spacial score (nSPS) is 26.5. The molecule has 1 aliphatic carbocycles. The molecule has 0 aromatic heterocycles. The molecular weight excluding hydrogens is 158 g/mol. The minimum atomic E-state index is 0.417. The molecule has 1 fully saturated rings. The van der Waals surface area contributed by atoms with Gasteiger partial charge in [-0.15, -0.1) is 0 Å². The highest BCUT2D eigenvalue weighted by Gasteiger charge is 2.36. The summed E-state index contributed by atoms with van der Waals surface area (Å²) < 4.78 is 0. The maximum Gasteiger partial charge on any atom is 0.0115 e. The fourth-order valence-electron chi connectivity index (χ4n) is 1.95. The van der Waals surface area contributed by atoms with Crippen LogP contribution in [-0.2, 0) is 0 Å². The first-order valence-electron chi connectivity index (χ1n) is 5.04. The lowest BCUT2D eigenvalue weighted by molar-refractivity contribution is 0.835. The predicted octanol–water partition coefficient (Wildman–Crippen LogP) is 2.62. The molecule has 1 heteroatoms. The van der Waals surface area contributed by atoms with Crippen molar-refractivity contribution in [3.05, 3.63) is 35.4 Å². The Morgan fingerprint density at radius 2 is 1.92 bits per heavy atom. The molecule has 13 heavy (non-hydrogen) atoms. The molecule has 0 aliphatic heterocycles. The second-order valence-electron chi connectivity index (χ2n) is 4.29. The molecule has 1 aliphatic rings. The summed E-state index contributed by atoms with van der Waals surface area (Å²) in [6, 6.07) is 9.11. The molecule has 1 aromatic rings. The molecule has 0 unspecified atom stereocenters. The van der Waals surface area contributed by atoms with Crippen molar-refractivity contribution >= 4 is 0 Å². The lowest BCUT2D eigenvalue weighted by Gasteiger charge is -2.11. The zero-order valence-corrected chi connectivity index (χ0v) is 8.33. The fraction of sp³-hybridized carbons (Fsp3) is 0.500. The molecule has 0 heterocycles. The van der Waals surface area contributed by atoms with Gasteiger partial charge in [0.05, 0.1) is 0 Å².